The number of carboxylic acid groups (broad SMARTS) is 1. The van der Waals surface area contributed by atoms with Gasteiger partial charge in [-0.2, -0.15) is 5.26 Å². The average Bonchev–Trinajstić information content (AvgIpc) is 3.06. The second-order valence-electron chi connectivity index (χ2n) is 13.9. The smallest absolute Gasteiger partial charge is 0.439 e. The number of anilines is 2. The number of hydrogen-bond acceptors (Lipinski definition) is 10. The zero-order valence-electron chi connectivity index (χ0n) is 30.3. The monoisotopic (exact) mass is 709 g/mol. The van der Waals surface area contributed by atoms with E-state index in [-0.39, 0.29) is 17.9 Å². The van der Waals surface area contributed by atoms with Crippen LogP contribution in [0.5, 0.6) is 0 Å². The van der Waals surface area contributed by atoms with Gasteiger partial charge in [0.05, 0.1) is 23.9 Å². The molecule has 1 atom stereocenters. The number of carbonyl (C=O) groups excluding carboxylic acids is 3. The molecule has 0 radical (unpaired) electrons. The van der Waals surface area contributed by atoms with Gasteiger partial charge >= 0.3 is 24.2 Å². The molecular weight excluding hydrogens is 666 g/mol. The number of amides is 3. The highest BCUT2D eigenvalue weighted by Gasteiger charge is 2.43. The van der Waals surface area contributed by atoms with E-state index in [1.54, 1.807) is 115 Å². The number of imide groups is 1. The lowest BCUT2D eigenvalue weighted by atomic mass is 9.96. The topological polar surface area (TPSA) is 171 Å². The fraction of sp³-hybridized carbons (Fsp3) is 0.333. The van der Waals surface area contributed by atoms with E-state index in [0.29, 0.717) is 34.5 Å². The van der Waals surface area contributed by atoms with Crippen LogP contribution in [-0.4, -0.2) is 57.2 Å². The molecule has 13 nitrogen and oxygen atoms in total. The number of aliphatic carboxylic acids is 1. The molecule has 272 valence electrons. The Morgan fingerprint density at radius 1 is 0.885 bits per heavy atom. The summed E-state index contributed by atoms with van der Waals surface area (Å²) in [6, 6.07) is 18.5. The molecule has 0 bridgehead atoms. The molecule has 0 saturated heterocycles. The van der Waals surface area contributed by atoms with Crippen molar-refractivity contribution < 1.29 is 38.5 Å². The number of benzene rings is 3. The first kappa shape index (κ1) is 38.6. The van der Waals surface area contributed by atoms with Gasteiger partial charge in [0.1, 0.15) is 11.2 Å². The van der Waals surface area contributed by atoms with Crippen molar-refractivity contribution in [3.63, 3.8) is 0 Å². The van der Waals surface area contributed by atoms with Gasteiger partial charge in [-0.3, -0.25) is 15.3 Å². The van der Waals surface area contributed by atoms with E-state index in [9.17, 15) is 24.3 Å². The van der Waals surface area contributed by atoms with Crippen LogP contribution in [0.15, 0.2) is 79.1 Å². The first-order valence-electron chi connectivity index (χ1n) is 16.7. The Bertz CT molecular complexity index is 1970. The van der Waals surface area contributed by atoms with E-state index in [1.165, 1.54) is 6.07 Å². The molecular formula is C39H43N5O8. The van der Waals surface area contributed by atoms with E-state index in [2.05, 4.69) is 10.3 Å². The molecule has 1 aromatic heterocycles. The third-order valence-electron chi connectivity index (χ3n) is 7.49. The van der Waals surface area contributed by atoms with Crippen molar-refractivity contribution in [1.82, 2.24) is 9.99 Å². The summed E-state index contributed by atoms with van der Waals surface area (Å²) in [6.07, 6.45) is 1.07. The van der Waals surface area contributed by atoms with Gasteiger partial charge in [-0.25, -0.2) is 19.2 Å². The first-order chi connectivity index (χ1) is 24.5. The number of aromatic nitrogens is 1. The Morgan fingerprint density at radius 2 is 1.58 bits per heavy atom. The van der Waals surface area contributed by atoms with Gasteiger partial charge in [0, 0.05) is 29.9 Å². The Kier molecular flexibility index (Phi) is 12.1. The van der Waals surface area contributed by atoms with Gasteiger partial charge in [-0.05, 0) is 106 Å². The molecule has 0 saturated carbocycles. The highest BCUT2D eigenvalue weighted by atomic mass is 16.6. The lowest BCUT2D eigenvalue weighted by molar-refractivity contribution is -0.139. The van der Waals surface area contributed by atoms with Gasteiger partial charge in [0.25, 0.3) is 0 Å². The number of ether oxygens (including phenoxy) is 3. The molecule has 4 rings (SSSR count). The number of carboxylic acids is 1. The predicted molar refractivity (Wildman–Crippen MR) is 195 cm³/mol. The molecule has 3 aromatic carbocycles. The SMILES string of the molecule is CCc1cc(C(C(=O)O)N(c2ccc3cnccc3c2)N(C(=O)OC(C)(C)C)C(=O)OC(C)(C)C)ccc1CCOC(=O)Nc1cccc(C#N)c1. The molecule has 13 heteroatoms. The maximum Gasteiger partial charge on any atom is 0.439 e. The number of nitriles is 1. The van der Waals surface area contributed by atoms with Gasteiger partial charge in [0.2, 0.25) is 0 Å². The summed E-state index contributed by atoms with van der Waals surface area (Å²) in [6.45, 7) is 11.7. The van der Waals surface area contributed by atoms with Crippen molar-refractivity contribution in [2.75, 3.05) is 16.9 Å². The van der Waals surface area contributed by atoms with Crippen LogP contribution >= 0.6 is 0 Å². The van der Waals surface area contributed by atoms with Crippen molar-refractivity contribution in [3.8, 4) is 6.07 Å². The van der Waals surface area contributed by atoms with Crippen LogP contribution < -0.4 is 10.3 Å². The summed E-state index contributed by atoms with van der Waals surface area (Å²) in [4.78, 5) is 57.8. The average molecular weight is 710 g/mol. The third kappa shape index (κ3) is 10.2. The Labute approximate surface area is 302 Å². The number of nitrogens with one attached hydrogen (secondary N) is 1. The number of aryl methyl sites for hydroxylation is 1. The number of nitrogens with zero attached hydrogens (tertiary/aromatic N) is 4. The van der Waals surface area contributed by atoms with Crippen LogP contribution in [0, 0.1) is 11.3 Å². The maximum absolute atomic E-state index is 13.9. The molecule has 0 aliphatic rings. The molecule has 1 unspecified atom stereocenters. The number of carbonyl (C=O) groups is 4. The molecule has 3 amide bonds. The fourth-order valence-electron chi connectivity index (χ4n) is 5.31. The number of pyridine rings is 1. The largest absolute Gasteiger partial charge is 0.479 e. The molecule has 0 fully saturated rings. The zero-order chi connectivity index (χ0) is 38.2. The summed E-state index contributed by atoms with van der Waals surface area (Å²) in [5.74, 6) is -1.36. The third-order valence-corrected chi connectivity index (χ3v) is 7.49. The van der Waals surface area contributed by atoms with E-state index in [0.717, 1.165) is 21.5 Å². The minimum Gasteiger partial charge on any atom is -0.479 e. The van der Waals surface area contributed by atoms with Gasteiger partial charge < -0.3 is 19.3 Å². The summed E-state index contributed by atoms with van der Waals surface area (Å²) < 4.78 is 16.7. The Balaban J connectivity index is 1.74. The van der Waals surface area contributed by atoms with Gasteiger partial charge in [-0.1, -0.05) is 37.3 Å². The van der Waals surface area contributed by atoms with Crippen LogP contribution in [0.3, 0.4) is 0 Å². The standard InChI is InChI=1S/C39H43N5O8/c1-8-26-21-29(13-12-27(26)17-19-50-35(47)42-31-11-9-10-25(20-31)23-40)33(34(45)46)43(32-15-14-30-24-41-18-16-28(30)22-32)44(36(48)51-38(2,3)4)37(49)52-39(5,6)7/h9-16,18,20-22,24,33H,8,17,19H2,1-7H3,(H,42,47)(H,45,46). The predicted octanol–water partition coefficient (Wildman–Crippen LogP) is 8.18. The quantitative estimate of drug-likeness (QED) is 0.120. The van der Waals surface area contributed by atoms with Crippen molar-refractivity contribution in [3.05, 3.63) is 101 Å². The molecule has 1 heterocycles. The van der Waals surface area contributed by atoms with Gasteiger partial charge in [0.15, 0.2) is 6.04 Å². The maximum atomic E-state index is 13.9. The normalized spacial score (nSPS) is 11.9. The highest BCUT2D eigenvalue weighted by molar-refractivity contribution is 5.94. The second-order valence-corrected chi connectivity index (χ2v) is 13.9. The van der Waals surface area contributed by atoms with Gasteiger partial charge in [-0.15, -0.1) is 5.01 Å². The molecule has 2 N–H and O–H groups in total. The summed E-state index contributed by atoms with van der Waals surface area (Å²) in [7, 11) is 0. The van der Waals surface area contributed by atoms with Crippen molar-refractivity contribution >= 4 is 46.4 Å². The van der Waals surface area contributed by atoms with E-state index in [4.69, 9.17) is 19.5 Å². The van der Waals surface area contributed by atoms with Crippen LogP contribution in [0.1, 0.15) is 76.8 Å². The second kappa shape index (κ2) is 16.2. The molecule has 0 spiro atoms. The fourth-order valence-corrected chi connectivity index (χ4v) is 5.31. The molecule has 0 aliphatic carbocycles. The summed E-state index contributed by atoms with van der Waals surface area (Å²) in [5.41, 5.74) is 0.737. The lowest BCUT2D eigenvalue weighted by Gasteiger charge is -2.39. The van der Waals surface area contributed by atoms with Crippen molar-refractivity contribution in [2.24, 2.45) is 0 Å². The lowest BCUT2D eigenvalue weighted by Crippen LogP contribution is -2.56. The molecule has 52 heavy (non-hydrogen) atoms. The minimum atomic E-state index is -1.62. The van der Waals surface area contributed by atoms with Crippen LogP contribution in [-0.2, 0) is 31.8 Å². The first-order valence-corrected chi connectivity index (χ1v) is 16.7. The van der Waals surface area contributed by atoms with E-state index in [1.807, 2.05) is 13.0 Å². The molecule has 0 aliphatic heterocycles. The number of hydrogen-bond donors (Lipinski definition) is 2. The van der Waals surface area contributed by atoms with E-state index < -0.39 is 41.5 Å². The van der Waals surface area contributed by atoms with Crippen molar-refractivity contribution in [2.45, 2.75) is 78.6 Å². The Hall–Kier alpha value is -6.16. The van der Waals surface area contributed by atoms with Crippen LogP contribution in [0.25, 0.3) is 10.8 Å². The Morgan fingerprint density at radius 3 is 2.19 bits per heavy atom. The molecule has 4 aromatic rings. The van der Waals surface area contributed by atoms with Crippen LogP contribution in [0.4, 0.5) is 25.8 Å². The van der Waals surface area contributed by atoms with Crippen LogP contribution in [0.2, 0.25) is 0 Å². The number of rotatable bonds is 10. The number of fused-ring (bicyclic) bond motifs is 1. The summed E-state index contributed by atoms with van der Waals surface area (Å²) in [5, 5.41) is 25.7. The number of hydrazine groups is 1. The van der Waals surface area contributed by atoms with E-state index >= 15 is 0 Å². The minimum absolute atomic E-state index is 0.0155. The summed E-state index contributed by atoms with van der Waals surface area (Å²) >= 11 is 0. The zero-order valence-corrected chi connectivity index (χ0v) is 30.3. The highest BCUT2D eigenvalue weighted by Crippen LogP contribution is 2.35. The van der Waals surface area contributed by atoms with Crippen molar-refractivity contribution in [1.29, 1.82) is 5.26 Å².